The number of carbonyl (C=O) groups is 1. The molecule has 0 aliphatic carbocycles. The lowest BCUT2D eigenvalue weighted by atomic mass is 9.89. The van der Waals surface area contributed by atoms with Crippen LogP contribution in [0.25, 0.3) is 0 Å². The topological polar surface area (TPSA) is 61.6 Å². The Bertz CT molecular complexity index is 553. The minimum Gasteiger partial charge on any atom is -0.396 e. The average Bonchev–Trinajstić information content (AvgIpc) is 3.30. The van der Waals surface area contributed by atoms with Gasteiger partial charge in [0, 0.05) is 58.0 Å². The second-order valence-corrected chi connectivity index (χ2v) is 7.60. The maximum Gasteiger partial charge on any atom is 0.224 e. The van der Waals surface area contributed by atoms with E-state index in [1.54, 1.807) is 6.20 Å². The highest BCUT2D eigenvalue weighted by Crippen LogP contribution is 2.24. The third kappa shape index (κ3) is 4.82. The van der Waals surface area contributed by atoms with Crippen LogP contribution in [-0.2, 0) is 17.8 Å². The van der Waals surface area contributed by atoms with E-state index in [2.05, 4.69) is 21.4 Å². The Labute approximate surface area is 150 Å². The molecule has 6 nitrogen and oxygen atoms in total. The van der Waals surface area contributed by atoms with Crippen molar-refractivity contribution in [2.75, 3.05) is 39.3 Å². The number of nitrogens with zero attached hydrogens (tertiary/aromatic N) is 4. The van der Waals surface area contributed by atoms with Crippen molar-refractivity contribution in [3.63, 3.8) is 0 Å². The van der Waals surface area contributed by atoms with Crippen LogP contribution in [-0.4, -0.2) is 69.7 Å². The number of aliphatic hydroxyl groups excluding tert-OH is 1. The molecule has 3 rings (SSSR count). The third-order valence-corrected chi connectivity index (χ3v) is 5.63. The minimum absolute atomic E-state index is 0.182. The maximum absolute atomic E-state index is 12.7. The lowest BCUT2D eigenvalue weighted by Gasteiger charge is -2.38. The molecule has 2 aliphatic heterocycles. The predicted octanol–water partition coefficient (Wildman–Crippen LogP) is 1.39. The van der Waals surface area contributed by atoms with Crippen molar-refractivity contribution in [1.29, 1.82) is 0 Å². The molecule has 140 valence electrons. The van der Waals surface area contributed by atoms with Gasteiger partial charge < -0.3 is 19.5 Å². The van der Waals surface area contributed by atoms with Crippen LogP contribution in [0.3, 0.4) is 0 Å². The largest absolute Gasteiger partial charge is 0.396 e. The molecule has 1 amide bonds. The Hall–Kier alpha value is -1.40. The van der Waals surface area contributed by atoms with E-state index in [9.17, 15) is 9.90 Å². The number of carbonyl (C=O) groups excluding carboxylic acids is 1. The van der Waals surface area contributed by atoms with Crippen LogP contribution in [0.5, 0.6) is 0 Å². The summed E-state index contributed by atoms with van der Waals surface area (Å²) in [6.45, 7) is 7.96. The molecule has 2 aliphatic rings. The summed E-state index contributed by atoms with van der Waals surface area (Å²) in [5.74, 6) is 1.96. The number of hydrogen-bond acceptors (Lipinski definition) is 4. The first-order chi connectivity index (χ1) is 12.2. The van der Waals surface area contributed by atoms with Gasteiger partial charge in [0.2, 0.25) is 5.91 Å². The zero-order valence-electron chi connectivity index (χ0n) is 15.4. The van der Waals surface area contributed by atoms with E-state index in [1.807, 2.05) is 11.1 Å². The van der Waals surface area contributed by atoms with Crippen molar-refractivity contribution in [3.05, 3.63) is 18.2 Å². The van der Waals surface area contributed by atoms with Gasteiger partial charge in [-0.3, -0.25) is 4.79 Å². The number of likely N-dealkylation sites (tertiary alicyclic amines) is 2. The van der Waals surface area contributed by atoms with Crippen molar-refractivity contribution >= 4 is 5.91 Å². The number of rotatable bonds is 7. The molecule has 0 spiro atoms. The number of hydrogen-bond donors (Lipinski definition) is 1. The molecule has 3 heterocycles. The second-order valence-electron chi connectivity index (χ2n) is 7.60. The van der Waals surface area contributed by atoms with Gasteiger partial charge in [-0.05, 0) is 44.2 Å². The molecule has 2 saturated heterocycles. The molecule has 0 radical (unpaired) electrons. The normalized spacial score (nSPS) is 24.8. The van der Waals surface area contributed by atoms with Crippen LogP contribution in [0.15, 0.2) is 12.4 Å². The Morgan fingerprint density at radius 3 is 2.76 bits per heavy atom. The van der Waals surface area contributed by atoms with Gasteiger partial charge >= 0.3 is 0 Å². The van der Waals surface area contributed by atoms with Crippen LogP contribution in [0.2, 0.25) is 0 Å². The van der Waals surface area contributed by atoms with Gasteiger partial charge in [-0.15, -0.1) is 0 Å². The van der Waals surface area contributed by atoms with Gasteiger partial charge in [0.25, 0.3) is 0 Å². The van der Waals surface area contributed by atoms with Crippen LogP contribution in [0, 0.1) is 11.8 Å². The molecule has 6 heteroatoms. The number of piperidine rings is 1. The SMILES string of the molecule is CCc1nccn1CCC(=O)N1C[C@H](CO)C[C@H](CN2CCCC2)C1. The van der Waals surface area contributed by atoms with E-state index >= 15 is 0 Å². The lowest BCUT2D eigenvalue weighted by Crippen LogP contribution is -2.47. The van der Waals surface area contributed by atoms with Crippen molar-refractivity contribution in [2.24, 2.45) is 11.8 Å². The van der Waals surface area contributed by atoms with Gasteiger partial charge in [-0.25, -0.2) is 4.98 Å². The Balaban J connectivity index is 1.54. The average molecular weight is 348 g/mol. The summed E-state index contributed by atoms with van der Waals surface area (Å²) in [4.78, 5) is 21.6. The fraction of sp³-hybridized carbons (Fsp3) is 0.789. The fourth-order valence-corrected chi connectivity index (χ4v) is 4.35. The van der Waals surface area contributed by atoms with Gasteiger partial charge in [0.05, 0.1) is 0 Å². The lowest BCUT2D eigenvalue weighted by molar-refractivity contribution is -0.135. The molecular formula is C19H32N4O2. The Kier molecular flexibility index (Phi) is 6.48. The van der Waals surface area contributed by atoms with Crippen molar-refractivity contribution in [3.8, 4) is 0 Å². The second kappa shape index (κ2) is 8.81. The molecule has 0 aromatic carbocycles. The zero-order valence-corrected chi connectivity index (χ0v) is 15.4. The first-order valence-electron chi connectivity index (χ1n) is 9.80. The molecule has 2 atom stereocenters. The predicted molar refractivity (Wildman–Crippen MR) is 97.2 cm³/mol. The summed E-state index contributed by atoms with van der Waals surface area (Å²) in [5, 5.41) is 9.65. The number of aromatic nitrogens is 2. The van der Waals surface area contributed by atoms with E-state index in [1.165, 1.54) is 25.9 Å². The molecule has 0 unspecified atom stereocenters. The van der Waals surface area contributed by atoms with Crippen LogP contribution in [0.4, 0.5) is 0 Å². The van der Waals surface area contributed by atoms with Crippen molar-refractivity contribution in [1.82, 2.24) is 19.4 Å². The van der Waals surface area contributed by atoms with Gasteiger partial charge in [0.1, 0.15) is 5.82 Å². The van der Waals surface area contributed by atoms with E-state index in [-0.39, 0.29) is 18.4 Å². The standard InChI is InChI=1S/C19H32N4O2/c1-2-18-20-6-10-22(18)9-5-19(25)23-13-16(11-17(14-23)15-24)12-21-7-3-4-8-21/h6,10,16-17,24H,2-5,7-9,11-15H2,1H3/t16-,17-/m1/s1. The molecular weight excluding hydrogens is 316 g/mol. The van der Waals surface area contributed by atoms with E-state index < -0.39 is 0 Å². The molecule has 1 N–H and O–H groups in total. The van der Waals surface area contributed by atoms with E-state index in [0.717, 1.165) is 31.8 Å². The smallest absolute Gasteiger partial charge is 0.224 e. The molecule has 1 aromatic rings. The fourth-order valence-electron chi connectivity index (χ4n) is 4.35. The number of amides is 1. The van der Waals surface area contributed by atoms with Crippen molar-refractivity contribution in [2.45, 2.75) is 45.6 Å². The van der Waals surface area contributed by atoms with Gasteiger partial charge in [-0.1, -0.05) is 6.92 Å². The molecule has 1 aromatic heterocycles. The molecule has 25 heavy (non-hydrogen) atoms. The summed E-state index contributed by atoms with van der Waals surface area (Å²) in [7, 11) is 0. The van der Waals surface area contributed by atoms with Crippen LogP contribution in [0.1, 0.15) is 38.4 Å². The molecule has 0 bridgehead atoms. The van der Waals surface area contributed by atoms with Gasteiger partial charge in [-0.2, -0.15) is 0 Å². The molecule has 2 fully saturated rings. The van der Waals surface area contributed by atoms with Crippen LogP contribution < -0.4 is 0 Å². The summed E-state index contributed by atoms with van der Waals surface area (Å²) in [6, 6.07) is 0. The number of aryl methyl sites for hydroxylation is 2. The summed E-state index contributed by atoms with van der Waals surface area (Å²) in [5.41, 5.74) is 0. The minimum atomic E-state index is 0.182. The third-order valence-electron chi connectivity index (χ3n) is 5.63. The summed E-state index contributed by atoms with van der Waals surface area (Å²) >= 11 is 0. The Morgan fingerprint density at radius 2 is 2.04 bits per heavy atom. The summed E-state index contributed by atoms with van der Waals surface area (Å²) in [6.07, 6.45) is 8.78. The quantitative estimate of drug-likeness (QED) is 0.809. The Morgan fingerprint density at radius 1 is 1.28 bits per heavy atom. The highest BCUT2D eigenvalue weighted by Gasteiger charge is 2.31. The van der Waals surface area contributed by atoms with Crippen LogP contribution >= 0.6 is 0 Å². The number of imidazole rings is 1. The first kappa shape index (κ1) is 18.4. The molecule has 0 saturated carbocycles. The highest BCUT2D eigenvalue weighted by molar-refractivity contribution is 5.76. The first-order valence-corrected chi connectivity index (χ1v) is 9.80. The van der Waals surface area contributed by atoms with E-state index in [0.29, 0.717) is 25.4 Å². The van der Waals surface area contributed by atoms with Gasteiger partial charge in [0.15, 0.2) is 0 Å². The zero-order chi connectivity index (χ0) is 17.6. The monoisotopic (exact) mass is 348 g/mol. The number of aliphatic hydroxyl groups is 1. The van der Waals surface area contributed by atoms with Crippen molar-refractivity contribution < 1.29 is 9.90 Å². The summed E-state index contributed by atoms with van der Waals surface area (Å²) < 4.78 is 2.08. The maximum atomic E-state index is 12.7. The van der Waals surface area contributed by atoms with E-state index in [4.69, 9.17) is 0 Å². The highest BCUT2D eigenvalue weighted by atomic mass is 16.3.